The Morgan fingerprint density at radius 2 is 2.17 bits per heavy atom. The number of hydrogen-bond donors (Lipinski definition) is 1. The average molecular weight is 168 g/mol. The first kappa shape index (κ1) is 8.52. The van der Waals surface area contributed by atoms with Gasteiger partial charge in [-0.25, -0.2) is 0 Å². The molecule has 1 N–H and O–H groups in total. The van der Waals surface area contributed by atoms with Crippen LogP contribution in [0.2, 0.25) is 0 Å². The van der Waals surface area contributed by atoms with Crippen molar-refractivity contribution in [1.29, 1.82) is 0 Å². The maximum Gasteiger partial charge on any atom is 0.0335 e. The minimum atomic E-state index is 0.442. The van der Waals surface area contributed by atoms with Gasteiger partial charge >= 0.3 is 0 Å². The standard InChI is InChI=1S/C10H20N2/c1-8-6-9(2)12-5-4-11-7-10(8,12)3/h8-9,11H,4-7H2,1-3H3/t8?,9?,10-/m1/s1. The van der Waals surface area contributed by atoms with Crippen LogP contribution >= 0.6 is 0 Å². The van der Waals surface area contributed by atoms with Crippen molar-refractivity contribution in [3.05, 3.63) is 0 Å². The molecule has 12 heavy (non-hydrogen) atoms. The first-order chi connectivity index (χ1) is 5.64. The van der Waals surface area contributed by atoms with Gasteiger partial charge in [0, 0.05) is 31.2 Å². The molecule has 0 bridgehead atoms. The quantitative estimate of drug-likeness (QED) is 0.582. The number of piperazine rings is 1. The number of hydrogen-bond acceptors (Lipinski definition) is 2. The first-order valence-corrected chi connectivity index (χ1v) is 5.12. The van der Waals surface area contributed by atoms with Gasteiger partial charge in [0.1, 0.15) is 0 Å². The molecule has 2 fully saturated rings. The smallest absolute Gasteiger partial charge is 0.0335 e. The molecule has 0 spiro atoms. The van der Waals surface area contributed by atoms with Gasteiger partial charge in [0.2, 0.25) is 0 Å². The highest BCUT2D eigenvalue weighted by atomic mass is 15.3. The lowest BCUT2D eigenvalue weighted by molar-refractivity contribution is 0.0717. The van der Waals surface area contributed by atoms with Gasteiger partial charge in [0.05, 0.1) is 0 Å². The third kappa shape index (κ3) is 1.01. The molecular weight excluding hydrogens is 148 g/mol. The summed E-state index contributed by atoms with van der Waals surface area (Å²) >= 11 is 0. The molecule has 70 valence electrons. The van der Waals surface area contributed by atoms with Crippen LogP contribution in [0.3, 0.4) is 0 Å². The lowest BCUT2D eigenvalue weighted by Crippen LogP contribution is -2.59. The molecule has 3 atom stereocenters. The number of nitrogens with zero attached hydrogens (tertiary/aromatic N) is 1. The van der Waals surface area contributed by atoms with Crippen molar-refractivity contribution in [2.75, 3.05) is 19.6 Å². The van der Waals surface area contributed by atoms with Crippen molar-refractivity contribution in [3.63, 3.8) is 0 Å². The van der Waals surface area contributed by atoms with Crippen LogP contribution in [0, 0.1) is 5.92 Å². The average Bonchev–Trinajstić information content (AvgIpc) is 2.25. The van der Waals surface area contributed by atoms with Crippen molar-refractivity contribution in [2.24, 2.45) is 5.92 Å². The van der Waals surface area contributed by atoms with E-state index in [4.69, 9.17) is 0 Å². The van der Waals surface area contributed by atoms with E-state index in [2.05, 4.69) is 31.0 Å². The molecule has 2 heterocycles. The minimum Gasteiger partial charge on any atom is -0.314 e. The molecule has 0 saturated carbocycles. The van der Waals surface area contributed by atoms with E-state index >= 15 is 0 Å². The third-order valence-corrected chi connectivity index (χ3v) is 3.96. The van der Waals surface area contributed by atoms with Gasteiger partial charge in [0.15, 0.2) is 0 Å². The van der Waals surface area contributed by atoms with Crippen LogP contribution in [-0.2, 0) is 0 Å². The van der Waals surface area contributed by atoms with Gasteiger partial charge in [-0.1, -0.05) is 6.92 Å². The van der Waals surface area contributed by atoms with E-state index in [0.29, 0.717) is 5.54 Å². The molecule has 0 aliphatic carbocycles. The van der Waals surface area contributed by atoms with Gasteiger partial charge in [-0.3, -0.25) is 4.90 Å². The van der Waals surface area contributed by atoms with Crippen molar-refractivity contribution < 1.29 is 0 Å². The van der Waals surface area contributed by atoms with Crippen LogP contribution in [0.4, 0.5) is 0 Å². The molecule has 0 radical (unpaired) electrons. The van der Waals surface area contributed by atoms with Crippen LogP contribution in [0.5, 0.6) is 0 Å². The Bertz CT molecular complexity index is 181. The Hall–Kier alpha value is -0.0800. The molecule has 0 aromatic heterocycles. The number of nitrogens with one attached hydrogen (secondary N) is 1. The SMILES string of the molecule is CC1CC(C)[C@@]2(C)CNCCN12. The Kier molecular flexibility index (Phi) is 1.92. The van der Waals surface area contributed by atoms with Crippen molar-refractivity contribution >= 4 is 0 Å². The summed E-state index contributed by atoms with van der Waals surface area (Å²) in [7, 11) is 0. The molecule has 2 nitrogen and oxygen atoms in total. The van der Waals surface area contributed by atoms with E-state index in [1.54, 1.807) is 0 Å². The molecule has 2 heteroatoms. The Morgan fingerprint density at radius 3 is 2.83 bits per heavy atom. The molecule has 2 aliphatic heterocycles. The fourth-order valence-corrected chi connectivity index (χ4v) is 2.97. The highest BCUT2D eigenvalue weighted by Crippen LogP contribution is 2.38. The zero-order chi connectivity index (χ0) is 8.77. The van der Waals surface area contributed by atoms with E-state index in [-0.39, 0.29) is 0 Å². The lowest BCUT2D eigenvalue weighted by atomic mass is 9.87. The molecular formula is C10H20N2. The Balaban J connectivity index is 2.21. The van der Waals surface area contributed by atoms with E-state index < -0.39 is 0 Å². The predicted molar refractivity (Wildman–Crippen MR) is 51.2 cm³/mol. The van der Waals surface area contributed by atoms with Gasteiger partial charge in [-0.15, -0.1) is 0 Å². The van der Waals surface area contributed by atoms with Crippen molar-refractivity contribution in [1.82, 2.24) is 10.2 Å². The lowest BCUT2D eigenvalue weighted by Gasteiger charge is -2.44. The fraction of sp³-hybridized carbons (Fsp3) is 1.00. The summed E-state index contributed by atoms with van der Waals surface area (Å²) in [4.78, 5) is 2.69. The topological polar surface area (TPSA) is 15.3 Å². The predicted octanol–water partition coefficient (Wildman–Crippen LogP) is 1.08. The second-order valence-electron chi connectivity index (χ2n) is 4.71. The van der Waals surface area contributed by atoms with Crippen LogP contribution < -0.4 is 5.32 Å². The van der Waals surface area contributed by atoms with Crippen molar-refractivity contribution in [3.8, 4) is 0 Å². The summed E-state index contributed by atoms with van der Waals surface area (Å²) in [6, 6.07) is 0.798. The van der Waals surface area contributed by atoms with Gasteiger partial charge in [0.25, 0.3) is 0 Å². The molecule has 0 aromatic rings. The number of fused-ring (bicyclic) bond motifs is 1. The second kappa shape index (κ2) is 2.71. The largest absolute Gasteiger partial charge is 0.314 e. The Morgan fingerprint density at radius 1 is 1.42 bits per heavy atom. The summed E-state index contributed by atoms with van der Waals surface area (Å²) in [6.45, 7) is 10.8. The monoisotopic (exact) mass is 168 g/mol. The normalized spacial score (nSPS) is 49.2. The zero-order valence-corrected chi connectivity index (χ0v) is 8.43. The zero-order valence-electron chi connectivity index (χ0n) is 8.43. The van der Waals surface area contributed by atoms with Crippen LogP contribution in [0.15, 0.2) is 0 Å². The van der Waals surface area contributed by atoms with Gasteiger partial charge in [-0.2, -0.15) is 0 Å². The van der Waals surface area contributed by atoms with Crippen LogP contribution in [0.25, 0.3) is 0 Å². The molecule has 2 rings (SSSR count). The molecule has 2 unspecified atom stereocenters. The molecule has 0 amide bonds. The van der Waals surface area contributed by atoms with Crippen LogP contribution in [-0.4, -0.2) is 36.1 Å². The van der Waals surface area contributed by atoms with Gasteiger partial charge in [-0.05, 0) is 26.2 Å². The minimum absolute atomic E-state index is 0.442. The first-order valence-electron chi connectivity index (χ1n) is 5.12. The van der Waals surface area contributed by atoms with E-state index in [1.807, 2.05) is 0 Å². The van der Waals surface area contributed by atoms with E-state index in [9.17, 15) is 0 Å². The maximum atomic E-state index is 3.51. The maximum absolute atomic E-state index is 3.51. The van der Waals surface area contributed by atoms with Crippen molar-refractivity contribution in [2.45, 2.75) is 38.8 Å². The van der Waals surface area contributed by atoms with Gasteiger partial charge < -0.3 is 5.32 Å². The summed E-state index contributed by atoms with van der Waals surface area (Å²) in [6.07, 6.45) is 1.37. The molecule has 2 saturated heterocycles. The van der Waals surface area contributed by atoms with E-state index in [1.165, 1.54) is 26.1 Å². The summed E-state index contributed by atoms with van der Waals surface area (Å²) in [5.41, 5.74) is 0.442. The Labute approximate surface area is 75.3 Å². The fourth-order valence-electron chi connectivity index (χ4n) is 2.97. The highest BCUT2D eigenvalue weighted by Gasteiger charge is 2.47. The highest BCUT2D eigenvalue weighted by molar-refractivity contribution is 5.03. The third-order valence-electron chi connectivity index (χ3n) is 3.96. The molecule has 2 aliphatic rings. The summed E-state index contributed by atoms with van der Waals surface area (Å²) in [5.74, 6) is 0.847. The summed E-state index contributed by atoms with van der Waals surface area (Å²) in [5, 5.41) is 3.51. The summed E-state index contributed by atoms with van der Waals surface area (Å²) < 4.78 is 0. The van der Waals surface area contributed by atoms with E-state index in [0.717, 1.165) is 12.0 Å². The van der Waals surface area contributed by atoms with Crippen LogP contribution in [0.1, 0.15) is 27.2 Å². The molecule has 0 aromatic carbocycles. The number of rotatable bonds is 0. The second-order valence-corrected chi connectivity index (χ2v) is 4.71.